The first-order valence-electron chi connectivity index (χ1n) is 12.4. The molecule has 0 saturated heterocycles. The molecule has 0 spiro atoms. The van der Waals surface area contributed by atoms with Gasteiger partial charge in [-0.05, 0) is 32.1 Å². The first-order valence-corrected chi connectivity index (χ1v) is 12.4. The topological polar surface area (TPSA) is 79.2 Å². The zero-order valence-corrected chi connectivity index (χ0v) is 20.7. The molecule has 0 aliphatic rings. The predicted molar refractivity (Wildman–Crippen MR) is 129 cm³/mol. The van der Waals surface area contributed by atoms with Gasteiger partial charge in [-0.3, -0.25) is 10.5 Å². The van der Waals surface area contributed by atoms with E-state index in [-0.39, 0.29) is 10.6 Å². The summed E-state index contributed by atoms with van der Waals surface area (Å²) in [6, 6.07) is 0. The minimum absolute atomic E-state index is 0.0343. The first kappa shape index (κ1) is 29.2. The lowest BCUT2D eigenvalue weighted by molar-refractivity contribution is -1.07. The van der Waals surface area contributed by atoms with Gasteiger partial charge in [0, 0.05) is 34.0 Å². The number of nitrogens with two attached hydrogens (primary N) is 1. The number of quaternary nitrogens is 1. The third-order valence-corrected chi connectivity index (χ3v) is 6.29. The molecular formula is C24H52N5O+. The monoisotopic (exact) mass is 426 g/mol. The van der Waals surface area contributed by atoms with Crippen LogP contribution in [0, 0.1) is 0 Å². The zero-order chi connectivity index (χ0) is 22.7. The van der Waals surface area contributed by atoms with Crippen molar-refractivity contribution in [2.24, 2.45) is 5.73 Å². The quantitative estimate of drug-likeness (QED) is 0.0692. The summed E-state index contributed by atoms with van der Waals surface area (Å²) in [7, 11) is 5.37. The molecule has 0 amide bonds. The van der Waals surface area contributed by atoms with Gasteiger partial charge < -0.3 is 0 Å². The number of nitrogens with one attached hydrogen (secondary N) is 3. The van der Waals surface area contributed by atoms with Gasteiger partial charge >= 0.3 is 0 Å². The van der Waals surface area contributed by atoms with E-state index >= 15 is 0 Å². The highest BCUT2D eigenvalue weighted by atomic mass is 16.2. The molecule has 1 unspecified atom stereocenters. The maximum Gasteiger partial charge on any atom is 0.263 e. The molecule has 0 aromatic carbocycles. The van der Waals surface area contributed by atoms with Crippen molar-refractivity contribution in [2.75, 3.05) is 21.1 Å². The third-order valence-electron chi connectivity index (χ3n) is 6.29. The van der Waals surface area contributed by atoms with Crippen LogP contribution >= 0.6 is 0 Å². The normalized spacial score (nSPS) is 14.3. The van der Waals surface area contributed by atoms with Crippen LogP contribution in [0.2, 0.25) is 0 Å². The Morgan fingerprint density at radius 1 is 0.767 bits per heavy atom. The fourth-order valence-corrected chi connectivity index (χ4v) is 4.13. The third kappa shape index (κ3) is 10.0. The smallest absolute Gasteiger partial charge is 0.263 e. The fourth-order valence-electron chi connectivity index (χ4n) is 4.13. The molecule has 0 fully saturated rings. The van der Waals surface area contributed by atoms with Gasteiger partial charge in [-0.25, -0.2) is 0 Å². The van der Waals surface area contributed by atoms with Crippen LogP contribution in [0.25, 0.3) is 0 Å². The van der Waals surface area contributed by atoms with E-state index in [9.17, 15) is 4.79 Å². The summed E-state index contributed by atoms with van der Waals surface area (Å²) >= 11 is 0. The summed E-state index contributed by atoms with van der Waals surface area (Å²) in [4.78, 5) is 12.8. The molecule has 0 radical (unpaired) electrons. The molecule has 6 heteroatoms. The summed E-state index contributed by atoms with van der Waals surface area (Å²) in [5.74, 6) is 0.0840. The van der Waals surface area contributed by atoms with Crippen LogP contribution in [0.4, 0.5) is 0 Å². The Hall–Kier alpha value is -0.790. The number of hydrogen-bond acceptors (Lipinski definition) is 5. The van der Waals surface area contributed by atoms with Crippen LogP contribution < -0.4 is 22.0 Å². The van der Waals surface area contributed by atoms with Gasteiger partial charge in [-0.1, -0.05) is 82.2 Å². The van der Waals surface area contributed by atoms with Crippen LogP contribution in [0.3, 0.4) is 0 Å². The van der Waals surface area contributed by atoms with E-state index in [0.29, 0.717) is 12.8 Å². The van der Waals surface area contributed by atoms with Crippen molar-refractivity contribution in [3.63, 3.8) is 0 Å². The van der Waals surface area contributed by atoms with E-state index in [2.05, 4.69) is 35.4 Å². The van der Waals surface area contributed by atoms with Crippen molar-refractivity contribution in [1.29, 1.82) is 0 Å². The Morgan fingerprint density at radius 3 is 1.63 bits per heavy atom. The van der Waals surface area contributed by atoms with E-state index in [1.54, 1.807) is 21.1 Å². The molecule has 0 heterocycles. The second-order valence-electron chi connectivity index (χ2n) is 8.38. The Balaban J connectivity index is 3.90. The van der Waals surface area contributed by atoms with Gasteiger partial charge in [0.15, 0.2) is 0 Å². The summed E-state index contributed by atoms with van der Waals surface area (Å²) in [5, 5.41) is 0. The molecule has 0 rings (SSSR count). The molecule has 0 aromatic rings. The maximum atomic E-state index is 12.9. The molecule has 5 N–H and O–H groups in total. The van der Waals surface area contributed by atoms with Crippen molar-refractivity contribution in [2.45, 2.75) is 116 Å². The molecule has 0 saturated carbocycles. The van der Waals surface area contributed by atoms with Crippen LogP contribution in [0.1, 0.15) is 110 Å². The average Bonchev–Trinajstić information content (AvgIpc) is 2.77. The number of nitrogens with zero attached hydrogens (tertiary/aromatic N) is 1. The molecule has 0 bridgehead atoms. The Labute approximate surface area is 186 Å². The van der Waals surface area contributed by atoms with Crippen molar-refractivity contribution in [3.8, 4) is 0 Å². The number of unbranched alkanes of at least 4 members (excludes halogenated alkanes) is 11. The number of allylic oxidation sites excluding steroid dienone is 2. The minimum Gasteiger partial charge on any atom is -0.291 e. The van der Waals surface area contributed by atoms with Gasteiger partial charge in [0.05, 0.1) is 0 Å². The number of rotatable bonds is 21. The van der Waals surface area contributed by atoms with Gasteiger partial charge in [0.25, 0.3) is 5.66 Å². The largest absolute Gasteiger partial charge is 0.291 e. The second kappa shape index (κ2) is 17.8. The van der Waals surface area contributed by atoms with Crippen molar-refractivity contribution in [1.82, 2.24) is 16.3 Å². The van der Waals surface area contributed by atoms with E-state index in [0.717, 1.165) is 12.8 Å². The highest BCUT2D eigenvalue weighted by Crippen LogP contribution is 2.20. The molecule has 0 aromatic heterocycles. The Kier molecular flexibility index (Phi) is 17.4. The summed E-state index contributed by atoms with van der Waals surface area (Å²) in [6.07, 6.45) is 22.1. The zero-order valence-electron chi connectivity index (χ0n) is 20.7. The van der Waals surface area contributed by atoms with E-state index < -0.39 is 5.66 Å². The highest BCUT2D eigenvalue weighted by molar-refractivity contribution is 5.86. The lowest BCUT2D eigenvalue weighted by Crippen LogP contribution is -2.85. The van der Waals surface area contributed by atoms with Gasteiger partial charge in [0.2, 0.25) is 5.78 Å². The van der Waals surface area contributed by atoms with Crippen LogP contribution in [0.15, 0.2) is 12.2 Å². The summed E-state index contributed by atoms with van der Waals surface area (Å²) in [5.41, 5.74) is 14.8. The van der Waals surface area contributed by atoms with Crippen LogP contribution in [0.5, 0.6) is 0 Å². The Bertz CT molecular complexity index is 443. The molecule has 0 aliphatic carbocycles. The van der Waals surface area contributed by atoms with E-state index in [4.69, 9.17) is 5.73 Å². The number of carbonyl (C=O) groups is 1. The van der Waals surface area contributed by atoms with Gasteiger partial charge in [-0.15, -0.1) is 16.3 Å². The lowest BCUT2D eigenvalue weighted by atomic mass is 9.96. The molecule has 30 heavy (non-hydrogen) atoms. The number of ketones is 1. The standard InChI is InChI=1S/C24H52N5O/c1-6-8-9-10-11-12-13-14-15-16-17-18-19-20-21-22-23(30)24(25,7-2)29(26-3,27-4)28-5/h14-15,26-28H,6-13,16-22,25H2,1-5H3/q+1. The molecule has 1 atom stereocenters. The van der Waals surface area contributed by atoms with E-state index in [1.165, 1.54) is 70.6 Å². The van der Waals surface area contributed by atoms with Crippen LogP contribution in [-0.2, 0) is 4.79 Å². The van der Waals surface area contributed by atoms with Crippen molar-refractivity contribution in [3.05, 3.63) is 12.2 Å². The van der Waals surface area contributed by atoms with Gasteiger partial charge in [0.1, 0.15) is 0 Å². The summed E-state index contributed by atoms with van der Waals surface area (Å²) in [6.45, 7) is 4.22. The lowest BCUT2D eigenvalue weighted by Gasteiger charge is -2.45. The fraction of sp³-hybridized carbons (Fsp3) is 0.875. The highest BCUT2D eigenvalue weighted by Gasteiger charge is 2.52. The molecule has 6 nitrogen and oxygen atoms in total. The van der Waals surface area contributed by atoms with Crippen molar-refractivity contribution < 1.29 is 9.60 Å². The molecule has 178 valence electrons. The number of Topliss-reactive ketones (excluding diaryl/α,β-unsaturated/α-hetero) is 1. The Morgan fingerprint density at radius 2 is 1.20 bits per heavy atom. The second-order valence-corrected chi connectivity index (χ2v) is 8.38. The average molecular weight is 427 g/mol. The summed E-state index contributed by atoms with van der Waals surface area (Å²) < 4.78 is 0. The molecular weight excluding hydrogens is 374 g/mol. The number of hydrogen-bond donors (Lipinski definition) is 4. The first-order chi connectivity index (χ1) is 14.5. The van der Waals surface area contributed by atoms with Crippen LogP contribution in [-0.4, -0.2) is 37.4 Å². The number of carbonyl (C=O) groups excluding carboxylic acids is 1. The van der Waals surface area contributed by atoms with Crippen molar-refractivity contribution >= 4 is 5.78 Å². The SMILES string of the molecule is CCCCCCCCC=CCCCCCCCC(=O)C(N)(CC)[N+](NC)(NC)NC. The maximum absolute atomic E-state index is 12.9. The van der Waals surface area contributed by atoms with Gasteiger partial charge in [-0.2, -0.15) is 0 Å². The predicted octanol–water partition coefficient (Wildman–Crippen LogP) is 4.88. The molecule has 0 aliphatic heterocycles. The minimum atomic E-state index is -1.04. The van der Waals surface area contributed by atoms with E-state index in [1.807, 2.05) is 6.92 Å².